The topological polar surface area (TPSA) is 70.1 Å². The number of phenols is 1. The van der Waals surface area contributed by atoms with Crippen molar-refractivity contribution >= 4 is 11.8 Å². The Morgan fingerprint density at radius 2 is 2.07 bits per heavy atom. The summed E-state index contributed by atoms with van der Waals surface area (Å²) in [5.41, 5.74) is 1.21. The molecule has 0 radical (unpaired) electrons. The predicted octanol–water partition coefficient (Wildman–Crippen LogP) is 2.72. The Kier molecular flexibility index (Phi) is 5.32. The lowest BCUT2D eigenvalue weighted by Gasteiger charge is -2.47. The van der Waals surface area contributed by atoms with Crippen LogP contribution in [0, 0.1) is 12.3 Å². The van der Waals surface area contributed by atoms with Gasteiger partial charge in [-0.1, -0.05) is 12.1 Å². The summed E-state index contributed by atoms with van der Waals surface area (Å²) in [5.74, 6) is 0.224. The number of ether oxygens (including phenoxy) is 1. The van der Waals surface area contributed by atoms with Gasteiger partial charge >= 0.3 is 0 Å². The van der Waals surface area contributed by atoms with Crippen LogP contribution >= 0.6 is 0 Å². The first kappa shape index (κ1) is 19.2. The molecule has 3 fully saturated rings. The van der Waals surface area contributed by atoms with Crippen LogP contribution in [0.25, 0.3) is 0 Å². The molecule has 3 saturated heterocycles. The molecule has 6 heteroatoms. The van der Waals surface area contributed by atoms with Crippen molar-refractivity contribution in [2.24, 2.45) is 5.41 Å². The Morgan fingerprint density at radius 1 is 1.29 bits per heavy atom. The standard InChI is InChI=1S/C22H30N2O4/c1-16-4-2-6-18(20(16)26)21(27)23-11-9-22(10-12-23)8-7-19(25)24(15-22)14-17-5-3-13-28-17/h2,4,6,17,26H,3,5,7-15H2,1H3. The summed E-state index contributed by atoms with van der Waals surface area (Å²) in [5, 5.41) is 10.2. The summed E-state index contributed by atoms with van der Waals surface area (Å²) in [7, 11) is 0. The number of rotatable bonds is 3. The zero-order chi connectivity index (χ0) is 19.7. The van der Waals surface area contributed by atoms with E-state index in [1.54, 1.807) is 19.1 Å². The largest absolute Gasteiger partial charge is 0.507 e. The number of amides is 2. The van der Waals surface area contributed by atoms with Gasteiger partial charge in [0.15, 0.2) is 0 Å². The molecule has 1 atom stereocenters. The molecule has 3 heterocycles. The van der Waals surface area contributed by atoms with Gasteiger partial charge in [-0.15, -0.1) is 0 Å². The fourth-order valence-corrected chi connectivity index (χ4v) is 4.90. The fraction of sp³-hybridized carbons (Fsp3) is 0.636. The highest BCUT2D eigenvalue weighted by atomic mass is 16.5. The molecule has 1 aromatic rings. The summed E-state index contributed by atoms with van der Waals surface area (Å²) in [6.45, 7) is 5.45. The van der Waals surface area contributed by atoms with Gasteiger partial charge in [-0.3, -0.25) is 9.59 Å². The Labute approximate surface area is 166 Å². The van der Waals surface area contributed by atoms with E-state index in [2.05, 4.69) is 0 Å². The van der Waals surface area contributed by atoms with Gasteiger partial charge in [0.05, 0.1) is 11.7 Å². The van der Waals surface area contributed by atoms with Crippen molar-refractivity contribution in [3.63, 3.8) is 0 Å². The minimum Gasteiger partial charge on any atom is -0.507 e. The number of carbonyl (C=O) groups is 2. The zero-order valence-corrected chi connectivity index (χ0v) is 16.7. The summed E-state index contributed by atoms with van der Waals surface area (Å²) < 4.78 is 5.73. The van der Waals surface area contributed by atoms with Crippen molar-refractivity contribution in [2.45, 2.75) is 51.6 Å². The number of aryl methyl sites for hydroxylation is 1. The number of para-hydroxylation sites is 1. The molecule has 28 heavy (non-hydrogen) atoms. The molecule has 1 N–H and O–H groups in total. The molecule has 3 aliphatic heterocycles. The average molecular weight is 386 g/mol. The quantitative estimate of drug-likeness (QED) is 0.867. The van der Waals surface area contributed by atoms with Gasteiger partial charge in [0.1, 0.15) is 5.75 Å². The number of hydrogen-bond acceptors (Lipinski definition) is 4. The second-order valence-corrected chi connectivity index (χ2v) is 8.67. The normalized spacial score (nSPS) is 24.8. The molecule has 4 rings (SSSR count). The Bertz CT molecular complexity index is 749. The molecular formula is C22H30N2O4. The van der Waals surface area contributed by atoms with Crippen LogP contribution in [0.3, 0.4) is 0 Å². The number of nitrogens with zero attached hydrogens (tertiary/aromatic N) is 2. The van der Waals surface area contributed by atoms with E-state index in [-0.39, 0.29) is 29.1 Å². The lowest BCUT2D eigenvalue weighted by molar-refractivity contribution is -0.141. The van der Waals surface area contributed by atoms with E-state index in [4.69, 9.17) is 4.74 Å². The maximum absolute atomic E-state index is 12.9. The molecule has 0 bridgehead atoms. The van der Waals surface area contributed by atoms with Gasteiger partial charge < -0.3 is 19.6 Å². The highest BCUT2D eigenvalue weighted by Gasteiger charge is 2.42. The average Bonchev–Trinajstić information content (AvgIpc) is 3.20. The Morgan fingerprint density at radius 3 is 2.79 bits per heavy atom. The number of carbonyl (C=O) groups excluding carboxylic acids is 2. The molecule has 152 valence electrons. The third-order valence-corrected chi connectivity index (χ3v) is 6.78. The number of piperidine rings is 2. The highest BCUT2D eigenvalue weighted by molar-refractivity contribution is 5.97. The van der Waals surface area contributed by atoms with Crippen molar-refractivity contribution in [2.75, 3.05) is 32.8 Å². The van der Waals surface area contributed by atoms with E-state index in [9.17, 15) is 14.7 Å². The number of aromatic hydroxyl groups is 1. The monoisotopic (exact) mass is 386 g/mol. The molecule has 0 aliphatic carbocycles. The van der Waals surface area contributed by atoms with Crippen LogP contribution in [0.2, 0.25) is 0 Å². The minimum atomic E-state index is -0.0980. The molecule has 2 amide bonds. The molecule has 0 saturated carbocycles. The Balaban J connectivity index is 1.39. The highest BCUT2D eigenvalue weighted by Crippen LogP contribution is 2.41. The maximum atomic E-state index is 12.9. The van der Waals surface area contributed by atoms with Crippen LogP contribution in [-0.2, 0) is 9.53 Å². The van der Waals surface area contributed by atoms with Gasteiger partial charge in [0.25, 0.3) is 5.91 Å². The van der Waals surface area contributed by atoms with E-state index in [0.717, 1.165) is 50.8 Å². The van der Waals surface area contributed by atoms with Gasteiger partial charge in [0, 0.05) is 39.2 Å². The van der Waals surface area contributed by atoms with Crippen LogP contribution in [0.5, 0.6) is 5.75 Å². The molecule has 6 nitrogen and oxygen atoms in total. The predicted molar refractivity (Wildman–Crippen MR) is 105 cm³/mol. The van der Waals surface area contributed by atoms with Crippen LogP contribution < -0.4 is 0 Å². The number of phenolic OH excluding ortho intramolecular Hbond substituents is 1. The van der Waals surface area contributed by atoms with Crippen LogP contribution in [0.4, 0.5) is 0 Å². The van der Waals surface area contributed by atoms with E-state index < -0.39 is 0 Å². The number of hydrogen-bond donors (Lipinski definition) is 1. The summed E-state index contributed by atoms with van der Waals surface area (Å²) in [4.78, 5) is 29.1. The molecule has 1 spiro atoms. The number of benzene rings is 1. The van der Waals surface area contributed by atoms with Gasteiger partial charge in [-0.05, 0) is 56.1 Å². The van der Waals surface area contributed by atoms with Gasteiger partial charge in [-0.25, -0.2) is 0 Å². The smallest absolute Gasteiger partial charge is 0.257 e. The summed E-state index contributed by atoms with van der Waals surface area (Å²) >= 11 is 0. The van der Waals surface area contributed by atoms with Gasteiger partial charge in [-0.2, -0.15) is 0 Å². The number of likely N-dealkylation sites (tertiary alicyclic amines) is 2. The summed E-state index contributed by atoms with van der Waals surface area (Å²) in [6, 6.07) is 5.31. The third kappa shape index (κ3) is 3.75. The Hall–Kier alpha value is -2.08. The zero-order valence-electron chi connectivity index (χ0n) is 16.7. The van der Waals surface area contributed by atoms with Crippen LogP contribution in [0.1, 0.15) is 54.4 Å². The van der Waals surface area contributed by atoms with E-state index in [1.165, 1.54) is 0 Å². The second-order valence-electron chi connectivity index (χ2n) is 8.67. The van der Waals surface area contributed by atoms with Crippen molar-refractivity contribution in [3.05, 3.63) is 29.3 Å². The lowest BCUT2D eigenvalue weighted by atomic mass is 9.72. The first-order valence-electron chi connectivity index (χ1n) is 10.4. The fourth-order valence-electron chi connectivity index (χ4n) is 4.90. The van der Waals surface area contributed by atoms with Gasteiger partial charge in [0.2, 0.25) is 5.91 Å². The maximum Gasteiger partial charge on any atom is 0.257 e. The SMILES string of the molecule is Cc1cccc(C(=O)N2CCC3(CCC(=O)N(CC4CCCO4)C3)CC2)c1O. The second kappa shape index (κ2) is 7.74. The molecule has 3 aliphatic rings. The first-order chi connectivity index (χ1) is 13.5. The first-order valence-corrected chi connectivity index (χ1v) is 10.4. The molecule has 0 aromatic heterocycles. The van der Waals surface area contributed by atoms with E-state index in [0.29, 0.717) is 31.6 Å². The summed E-state index contributed by atoms with van der Waals surface area (Å²) in [6.07, 6.45) is 5.62. The van der Waals surface area contributed by atoms with Crippen molar-refractivity contribution in [3.8, 4) is 5.75 Å². The van der Waals surface area contributed by atoms with Crippen LogP contribution in [0.15, 0.2) is 18.2 Å². The van der Waals surface area contributed by atoms with Crippen molar-refractivity contribution < 1.29 is 19.4 Å². The lowest BCUT2D eigenvalue weighted by Crippen LogP contribution is -2.53. The third-order valence-electron chi connectivity index (χ3n) is 6.78. The molecule has 1 unspecified atom stereocenters. The van der Waals surface area contributed by atoms with Crippen LogP contribution in [-0.4, -0.2) is 65.6 Å². The van der Waals surface area contributed by atoms with Crippen molar-refractivity contribution in [1.82, 2.24) is 9.80 Å². The minimum absolute atomic E-state index is 0.0822. The molecular weight excluding hydrogens is 356 g/mol. The van der Waals surface area contributed by atoms with Crippen molar-refractivity contribution in [1.29, 1.82) is 0 Å². The van der Waals surface area contributed by atoms with E-state index in [1.807, 2.05) is 15.9 Å². The molecule has 1 aromatic carbocycles. The van der Waals surface area contributed by atoms with E-state index >= 15 is 0 Å².